The first-order valence-electron chi connectivity index (χ1n) is 8.72. The molecule has 1 amide bonds. The zero-order valence-corrected chi connectivity index (χ0v) is 16.0. The second kappa shape index (κ2) is 7.25. The molecule has 0 unspecified atom stereocenters. The summed E-state index contributed by atoms with van der Waals surface area (Å²) in [6.45, 7) is 2.67. The highest BCUT2D eigenvalue weighted by molar-refractivity contribution is 7.20. The van der Waals surface area contributed by atoms with Gasteiger partial charge in [0.25, 0.3) is 5.91 Å². The number of thiophene rings is 1. The van der Waals surface area contributed by atoms with Crippen molar-refractivity contribution in [3.05, 3.63) is 82.9 Å². The molecule has 136 valence electrons. The molecule has 0 aliphatic rings. The fourth-order valence-electron chi connectivity index (χ4n) is 3.01. The second-order valence-electron chi connectivity index (χ2n) is 6.39. The van der Waals surface area contributed by atoms with Gasteiger partial charge in [0.15, 0.2) is 0 Å². The van der Waals surface area contributed by atoms with E-state index in [2.05, 4.69) is 22.7 Å². The lowest BCUT2D eigenvalue weighted by Crippen LogP contribution is -2.38. The Morgan fingerprint density at radius 3 is 2.48 bits per heavy atom. The number of carbonyl (C=O) groups excluding carboxylic acids is 1. The van der Waals surface area contributed by atoms with E-state index in [0.717, 1.165) is 21.6 Å². The quantitative estimate of drug-likeness (QED) is 0.530. The second-order valence-corrected chi connectivity index (χ2v) is 7.42. The number of aryl methyl sites for hydroxylation is 1. The molecule has 6 heteroatoms. The highest BCUT2D eigenvalue weighted by atomic mass is 32.1. The van der Waals surface area contributed by atoms with E-state index in [-0.39, 0.29) is 5.91 Å². The first kappa shape index (κ1) is 17.3. The molecule has 0 radical (unpaired) electrons. The molecule has 0 aliphatic heterocycles. The zero-order chi connectivity index (χ0) is 18.8. The van der Waals surface area contributed by atoms with Crippen LogP contribution in [0.1, 0.15) is 20.9 Å². The van der Waals surface area contributed by atoms with Gasteiger partial charge in [-0.2, -0.15) is 5.10 Å². The van der Waals surface area contributed by atoms with Gasteiger partial charge in [0.05, 0.1) is 22.8 Å². The third-order valence-electron chi connectivity index (χ3n) is 4.42. The van der Waals surface area contributed by atoms with E-state index in [4.69, 9.17) is 0 Å². The topological polar surface area (TPSA) is 50.2 Å². The van der Waals surface area contributed by atoms with Crippen LogP contribution in [0.2, 0.25) is 0 Å². The fraction of sp³-hybridized carbons (Fsp3) is 0.143. The summed E-state index contributed by atoms with van der Waals surface area (Å²) < 4.78 is 1.97. The van der Waals surface area contributed by atoms with Gasteiger partial charge in [-0.05, 0) is 30.7 Å². The van der Waals surface area contributed by atoms with Crippen molar-refractivity contribution in [1.29, 1.82) is 0 Å². The third kappa shape index (κ3) is 3.57. The Balaban J connectivity index is 1.58. The molecule has 2 aromatic heterocycles. The summed E-state index contributed by atoms with van der Waals surface area (Å²) in [5, 5.41) is 7.40. The van der Waals surface area contributed by atoms with E-state index in [1.807, 2.05) is 73.3 Å². The van der Waals surface area contributed by atoms with Crippen LogP contribution in [-0.2, 0) is 6.54 Å². The molecule has 1 N–H and O–H groups in total. The lowest BCUT2D eigenvalue weighted by molar-refractivity contribution is 0.0955. The molecule has 4 aromatic rings. The molecule has 27 heavy (non-hydrogen) atoms. The zero-order valence-electron chi connectivity index (χ0n) is 15.2. The maximum Gasteiger partial charge on any atom is 0.279 e. The van der Waals surface area contributed by atoms with Crippen LogP contribution in [0.4, 0.5) is 5.69 Å². The van der Waals surface area contributed by atoms with Crippen molar-refractivity contribution < 1.29 is 4.79 Å². The highest BCUT2D eigenvalue weighted by Crippen LogP contribution is 2.29. The van der Waals surface area contributed by atoms with Gasteiger partial charge in [-0.25, -0.2) is 0 Å². The van der Waals surface area contributed by atoms with E-state index in [1.54, 1.807) is 5.01 Å². The summed E-state index contributed by atoms with van der Waals surface area (Å²) in [5.41, 5.74) is 5.98. The number of anilines is 1. The monoisotopic (exact) mass is 376 g/mol. The smallest absolute Gasteiger partial charge is 0.279 e. The van der Waals surface area contributed by atoms with Crippen molar-refractivity contribution in [3.63, 3.8) is 0 Å². The van der Waals surface area contributed by atoms with Crippen molar-refractivity contribution in [2.24, 2.45) is 0 Å². The number of hydrazine groups is 1. The summed E-state index contributed by atoms with van der Waals surface area (Å²) in [6.07, 6.45) is 0. The molecule has 0 aliphatic carbocycles. The van der Waals surface area contributed by atoms with Crippen molar-refractivity contribution in [2.75, 3.05) is 12.1 Å². The number of aromatic nitrogens is 2. The number of hydrogen-bond donors (Lipinski definition) is 1. The Bertz CT molecular complexity index is 1070. The number of hydrogen-bond acceptors (Lipinski definition) is 4. The number of benzene rings is 2. The molecule has 0 atom stereocenters. The number of para-hydroxylation sites is 1. The number of carbonyl (C=O) groups is 1. The first-order chi connectivity index (χ1) is 13.1. The maximum atomic E-state index is 12.7. The minimum absolute atomic E-state index is 0.117. The number of nitrogens with one attached hydrogen (secondary N) is 1. The molecule has 0 spiro atoms. The average Bonchev–Trinajstić information content (AvgIpc) is 3.25. The maximum absolute atomic E-state index is 12.7. The molecule has 5 nitrogen and oxygen atoms in total. The molecular weight excluding hydrogens is 356 g/mol. The Labute approximate surface area is 161 Å². The summed E-state index contributed by atoms with van der Waals surface area (Å²) in [7, 11) is 1.84. The van der Waals surface area contributed by atoms with Crippen LogP contribution < -0.4 is 10.4 Å². The van der Waals surface area contributed by atoms with Crippen LogP contribution in [-0.4, -0.2) is 22.7 Å². The SMILES string of the molecule is Cc1nn(Cc2ccccc2)c2sc(C(=O)NN(C)c3ccccc3)cc12. The van der Waals surface area contributed by atoms with Gasteiger partial charge in [-0.3, -0.25) is 19.9 Å². The fourth-order valence-corrected chi connectivity index (χ4v) is 4.06. The van der Waals surface area contributed by atoms with Crippen molar-refractivity contribution in [1.82, 2.24) is 15.2 Å². The van der Waals surface area contributed by atoms with Gasteiger partial charge < -0.3 is 0 Å². The summed E-state index contributed by atoms with van der Waals surface area (Å²) >= 11 is 1.47. The van der Waals surface area contributed by atoms with Crippen LogP contribution in [0, 0.1) is 6.92 Å². The predicted octanol–water partition coefficient (Wildman–Crippen LogP) is 4.24. The van der Waals surface area contributed by atoms with E-state index in [9.17, 15) is 4.79 Å². The number of rotatable bonds is 5. The summed E-state index contributed by atoms with van der Waals surface area (Å²) in [4.78, 5) is 14.4. The minimum Gasteiger partial charge on any atom is -0.288 e. The van der Waals surface area contributed by atoms with Crippen molar-refractivity contribution >= 4 is 33.1 Å². The normalized spacial score (nSPS) is 10.9. The van der Waals surface area contributed by atoms with Crippen LogP contribution in [0.5, 0.6) is 0 Å². The Morgan fingerprint density at radius 2 is 1.78 bits per heavy atom. The van der Waals surface area contributed by atoms with Gasteiger partial charge in [-0.15, -0.1) is 11.3 Å². The predicted molar refractivity (Wildman–Crippen MR) is 110 cm³/mol. The number of nitrogens with zero attached hydrogens (tertiary/aromatic N) is 3. The highest BCUT2D eigenvalue weighted by Gasteiger charge is 2.17. The summed E-state index contributed by atoms with van der Waals surface area (Å²) in [5.74, 6) is -0.117. The number of fused-ring (bicyclic) bond motifs is 1. The van der Waals surface area contributed by atoms with Gasteiger partial charge in [0, 0.05) is 12.4 Å². The molecule has 0 bridgehead atoms. The van der Waals surface area contributed by atoms with E-state index in [0.29, 0.717) is 11.4 Å². The Morgan fingerprint density at radius 1 is 1.11 bits per heavy atom. The Kier molecular flexibility index (Phi) is 4.64. The average molecular weight is 376 g/mol. The van der Waals surface area contributed by atoms with E-state index >= 15 is 0 Å². The van der Waals surface area contributed by atoms with Gasteiger partial charge in [0.1, 0.15) is 4.83 Å². The minimum atomic E-state index is -0.117. The molecule has 4 rings (SSSR count). The van der Waals surface area contributed by atoms with Crippen LogP contribution in [0.3, 0.4) is 0 Å². The molecule has 2 heterocycles. The van der Waals surface area contributed by atoms with Crippen LogP contribution in [0.15, 0.2) is 66.7 Å². The summed E-state index contributed by atoms with van der Waals surface area (Å²) in [6, 6.07) is 21.9. The van der Waals surface area contributed by atoms with E-state index in [1.165, 1.54) is 16.9 Å². The standard InChI is InChI=1S/C21H20N4OS/c1-15-18-13-19(20(26)23-24(2)17-11-7-4-8-12-17)27-21(18)25(22-15)14-16-9-5-3-6-10-16/h3-13H,14H2,1-2H3,(H,23,26). The number of amides is 1. The largest absolute Gasteiger partial charge is 0.288 e. The van der Waals surface area contributed by atoms with Crippen molar-refractivity contribution in [2.45, 2.75) is 13.5 Å². The van der Waals surface area contributed by atoms with Crippen LogP contribution >= 0.6 is 11.3 Å². The van der Waals surface area contributed by atoms with Crippen LogP contribution in [0.25, 0.3) is 10.2 Å². The van der Waals surface area contributed by atoms with E-state index < -0.39 is 0 Å². The lowest BCUT2D eigenvalue weighted by Gasteiger charge is -2.19. The van der Waals surface area contributed by atoms with Gasteiger partial charge in [-0.1, -0.05) is 48.5 Å². The Hall–Kier alpha value is -3.12. The molecule has 2 aromatic carbocycles. The van der Waals surface area contributed by atoms with Gasteiger partial charge in [0.2, 0.25) is 0 Å². The van der Waals surface area contributed by atoms with Crippen molar-refractivity contribution in [3.8, 4) is 0 Å². The molecule has 0 saturated heterocycles. The first-order valence-corrected chi connectivity index (χ1v) is 9.54. The molecular formula is C21H20N4OS. The molecule has 0 fully saturated rings. The van der Waals surface area contributed by atoms with Gasteiger partial charge >= 0.3 is 0 Å². The lowest BCUT2D eigenvalue weighted by atomic mass is 10.2. The molecule has 0 saturated carbocycles. The third-order valence-corrected chi connectivity index (χ3v) is 5.57.